The molecule has 0 atom stereocenters. The number of methoxy groups -OCH3 is 2. The molecule has 4 aromatic rings. The van der Waals surface area contributed by atoms with E-state index in [0.29, 0.717) is 23.4 Å². The number of anilines is 2. The Bertz CT molecular complexity index is 1140. The highest BCUT2D eigenvalue weighted by Crippen LogP contribution is 2.39. The topological polar surface area (TPSA) is 89.4 Å². The normalized spacial score (nSPS) is 13.6. The van der Waals surface area contributed by atoms with E-state index in [1.807, 2.05) is 40.9 Å². The van der Waals surface area contributed by atoms with E-state index >= 15 is 0 Å². The number of nitrogens with zero attached hydrogens (tertiary/aromatic N) is 4. The van der Waals surface area contributed by atoms with E-state index in [4.69, 9.17) is 14.5 Å². The van der Waals surface area contributed by atoms with E-state index in [-0.39, 0.29) is 0 Å². The van der Waals surface area contributed by atoms with E-state index in [2.05, 4.69) is 20.5 Å². The average Bonchev–Trinajstić information content (AvgIpc) is 3.28. The van der Waals surface area contributed by atoms with Crippen molar-refractivity contribution in [2.75, 3.05) is 19.5 Å². The van der Waals surface area contributed by atoms with Gasteiger partial charge >= 0.3 is 0 Å². The molecule has 28 heavy (non-hydrogen) atoms. The first-order valence-electron chi connectivity index (χ1n) is 9.14. The monoisotopic (exact) mass is 376 g/mol. The standard InChI is InChI=1S/C20H20N6O2/c1-27-16-6-5-13(9-17(16)28-2)14-11-19-21-7-8-26(19)20(22-14)23-18-10-15(24-25-18)12-3-4-12/h5-12H,3-4H2,1-2H3,(H2,22,23,24,25). The largest absolute Gasteiger partial charge is 0.493 e. The number of H-pyrrole nitrogens is 1. The molecule has 0 radical (unpaired) electrons. The third-order valence-electron chi connectivity index (χ3n) is 4.92. The zero-order valence-electron chi connectivity index (χ0n) is 15.6. The molecule has 142 valence electrons. The first-order chi connectivity index (χ1) is 13.7. The molecular weight excluding hydrogens is 356 g/mol. The van der Waals surface area contributed by atoms with Gasteiger partial charge in [0.2, 0.25) is 5.95 Å². The number of ether oxygens (including phenoxy) is 2. The van der Waals surface area contributed by atoms with Crippen molar-refractivity contribution >= 4 is 17.4 Å². The molecule has 0 unspecified atom stereocenters. The molecule has 8 heteroatoms. The van der Waals surface area contributed by atoms with Gasteiger partial charge in [-0.15, -0.1) is 0 Å². The Labute approximate surface area is 161 Å². The van der Waals surface area contributed by atoms with Crippen molar-refractivity contribution in [3.63, 3.8) is 0 Å². The zero-order valence-corrected chi connectivity index (χ0v) is 15.6. The van der Waals surface area contributed by atoms with E-state index in [0.717, 1.165) is 22.7 Å². The van der Waals surface area contributed by atoms with Crippen molar-refractivity contribution in [1.29, 1.82) is 0 Å². The molecule has 0 spiro atoms. The lowest BCUT2D eigenvalue weighted by atomic mass is 10.1. The molecule has 5 rings (SSSR count). The summed E-state index contributed by atoms with van der Waals surface area (Å²) < 4.78 is 12.7. The van der Waals surface area contributed by atoms with Crippen LogP contribution >= 0.6 is 0 Å². The van der Waals surface area contributed by atoms with Gasteiger partial charge < -0.3 is 14.8 Å². The van der Waals surface area contributed by atoms with Gasteiger partial charge in [0, 0.05) is 41.7 Å². The van der Waals surface area contributed by atoms with Crippen molar-refractivity contribution < 1.29 is 9.47 Å². The molecule has 1 aliphatic carbocycles. The van der Waals surface area contributed by atoms with Crippen LogP contribution in [-0.2, 0) is 0 Å². The minimum atomic E-state index is 0.613. The van der Waals surface area contributed by atoms with Crippen LogP contribution < -0.4 is 14.8 Å². The maximum absolute atomic E-state index is 5.42. The Morgan fingerprint density at radius 2 is 1.96 bits per heavy atom. The highest BCUT2D eigenvalue weighted by atomic mass is 16.5. The molecule has 1 aromatic carbocycles. The summed E-state index contributed by atoms with van der Waals surface area (Å²) in [5.41, 5.74) is 3.65. The summed E-state index contributed by atoms with van der Waals surface area (Å²) in [5.74, 6) is 3.33. The van der Waals surface area contributed by atoms with E-state index in [1.54, 1.807) is 20.4 Å². The van der Waals surface area contributed by atoms with Gasteiger partial charge in [-0.1, -0.05) is 0 Å². The molecule has 1 saturated carbocycles. The Morgan fingerprint density at radius 1 is 1.11 bits per heavy atom. The third-order valence-corrected chi connectivity index (χ3v) is 4.92. The zero-order chi connectivity index (χ0) is 19.1. The van der Waals surface area contributed by atoms with Gasteiger partial charge in [-0.2, -0.15) is 5.10 Å². The second-order valence-electron chi connectivity index (χ2n) is 6.80. The van der Waals surface area contributed by atoms with Crippen molar-refractivity contribution in [1.82, 2.24) is 24.6 Å². The quantitative estimate of drug-likeness (QED) is 0.533. The lowest BCUT2D eigenvalue weighted by Gasteiger charge is -2.11. The van der Waals surface area contributed by atoms with E-state index < -0.39 is 0 Å². The number of aromatic amines is 1. The smallest absolute Gasteiger partial charge is 0.214 e. The second-order valence-corrected chi connectivity index (χ2v) is 6.80. The number of hydrogen-bond acceptors (Lipinski definition) is 6. The molecule has 0 bridgehead atoms. The Morgan fingerprint density at radius 3 is 2.75 bits per heavy atom. The molecule has 1 aliphatic rings. The number of nitrogens with one attached hydrogen (secondary N) is 2. The number of imidazole rings is 1. The highest BCUT2D eigenvalue weighted by Gasteiger charge is 2.25. The minimum Gasteiger partial charge on any atom is -0.493 e. The van der Waals surface area contributed by atoms with Gasteiger partial charge in [-0.25, -0.2) is 9.97 Å². The van der Waals surface area contributed by atoms with E-state index in [1.165, 1.54) is 18.5 Å². The van der Waals surface area contributed by atoms with Gasteiger partial charge in [0.15, 0.2) is 17.3 Å². The Kier molecular flexibility index (Phi) is 3.89. The molecule has 0 aliphatic heterocycles. The summed E-state index contributed by atoms with van der Waals surface area (Å²) in [7, 11) is 3.24. The van der Waals surface area contributed by atoms with Crippen LogP contribution in [0.15, 0.2) is 42.7 Å². The predicted octanol–water partition coefficient (Wildman–Crippen LogP) is 3.76. The fourth-order valence-electron chi connectivity index (χ4n) is 3.27. The summed E-state index contributed by atoms with van der Waals surface area (Å²) in [6.45, 7) is 0. The van der Waals surface area contributed by atoms with Gasteiger partial charge in [-0.3, -0.25) is 9.50 Å². The van der Waals surface area contributed by atoms with Gasteiger partial charge in [0.1, 0.15) is 5.65 Å². The maximum Gasteiger partial charge on any atom is 0.214 e. The van der Waals surface area contributed by atoms with Crippen molar-refractivity contribution in [3.05, 3.63) is 48.4 Å². The van der Waals surface area contributed by atoms with Crippen molar-refractivity contribution in [2.24, 2.45) is 0 Å². The number of aromatic nitrogens is 5. The van der Waals surface area contributed by atoms with Gasteiger partial charge in [0.05, 0.1) is 19.9 Å². The van der Waals surface area contributed by atoms with Gasteiger partial charge in [0.25, 0.3) is 0 Å². The number of rotatable bonds is 6. The SMILES string of the molecule is COc1ccc(-c2cc3nccn3c(Nc3cc(C4CC4)[nH]n3)n2)cc1OC. The lowest BCUT2D eigenvalue weighted by molar-refractivity contribution is 0.355. The fourth-order valence-corrected chi connectivity index (χ4v) is 3.27. The molecule has 0 saturated heterocycles. The van der Waals surface area contributed by atoms with Crippen LogP contribution in [0.5, 0.6) is 11.5 Å². The molecular formula is C20H20N6O2. The number of benzene rings is 1. The van der Waals surface area contributed by atoms with Crippen LogP contribution in [0, 0.1) is 0 Å². The minimum absolute atomic E-state index is 0.613. The summed E-state index contributed by atoms with van der Waals surface area (Å²) >= 11 is 0. The average molecular weight is 376 g/mol. The van der Waals surface area contributed by atoms with Crippen molar-refractivity contribution in [3.8, 4) is 22.8 Å². The molecule has 0 amide bonds. The van der Waals surface area contributed by atoms with Gasteiger partial charge in [-0.05, 0) is 31.0 Å². The summed E-state index contributed by atoms with van der Waals surface area (Å²) in [5, 5.41) is 10.8. The number of fused-ring (bicyclic) bond motifs is 1. The fraction of sp³-hybridized carbons (Fsp3) is 0.250. The maximum atomic E-state index is 5.42. The summed E-state index contributed by atoms with van der Waals surface area (Å²) in [6.07, 6.45) is 6.07. The first-order valence-corrected chi connectivity index (χ1v) is 9.14. The highest BCUT2D eigenvalue weighted by molar-refractivity contribution is 5.69. The molecule has 3 aromatic heterocycles. The van der Waals surface area contributed by atoms with E-state index in [9.17, 15) is 0 Å². The van der Waals surface area contributed by atoms with Crippen LogP contribution in [0.2, 0.25) is 0 Å². The first kappa shape index (κ1) is 16.6. The molecule has 3 heterocycles. The summed E-state index contributed by atoms with van der Waals surface area (Å²) in [4.78, 5) is 9.23. The van der Waals surface area contributed by atoms with Crippen LogP contribution in [0.25, 0.3) is 16.9 Å². The molecule has 1 fully saturated rings. The molecule has 2 N–H and O–H groups in total. The molecule has 8 nitrogen and oxygen atoms in total. The Balaban J connectivity index is 1.55. The van der Waals surface area contributed by atoms with Crippen molar-refractivity contribution in [2.45, 2.75) is 18.8 Å². The predicted molar refractivity (Wildman–Crippen MR) is 105 cm³/mol. The summed E-state index contributed by atoms with van der Waals surface area (Å²) in [6, 6.07) is 9.71. The van der Waals surface area contributed by atoms with Crippen LogP contribution in [-0.4, -0.2) is 38.8 Å². The third kappa shape index (κ3) is 2.92. The second kappa shape index (κ2) is 6.56. The van der Waals surface area contributed by atoms with Crippen LogP contribution in [0.4, 0.5) is 11.8 Å². The van der Waals surface area contributed by atoms with Crippen LogP contribution in [0.1, 0.15) is 24.5 Å². The number of hydrogen-bond donors (Lipinski definition) is 2. The Hall–Kier alpha value is -3.55. The van der Waals surface area contributed by atoms with Crippen LogP contribution in [0.3, 0.4) is 0 Å². The lowest BCUT2D eigenvalue weighted by Crippen LogP contribution is -2.03.